The standard InChI is InChI=1S/C8H11IO/c9-7-4-5-1-2-6(3-5)8(7)10/h5-7H,1-4H2. The molecule has 0 radical (unpaired) electrons. The Hall–Kier alpha value is 0.400. The molecule has 2 rings (SSSR count). The lowest BCUT2D eigenvalue weighted by Gasteiger charge is -2.21. The first-order valence-electron chi connectivity index (χ1n) is 3.95. The number of carbonyl (C=O) groups is 1. The van der Waals surface area contributed by atoms with E-state index in [1.165, 1.54) is 19.3 Å². The summed E-state index contributed by atoms with van der Waals surface area (Å²) in [5.41, 5.74) is 0. The molecule has 2 bridgehead atoms. The van der Waals surface area contributed by atoms with E-state index in [4.69, 9.17) is 0 Å². The number of rotatable bonds is 0. The molecular weight excluding hydrogens is 239 g/mol. The largest absolute Gasteiger partial charge is 0.298 e. The molecular formula is C8H11IO. The predicted molar refractivity (Wildman–Crippen MR) is 48.3 cm³/mol. The van der Waals surface area contributed by atoms with E-state index in [1.807, 2.05) is 0 Å². The molecule has 1 nitrogen and oxygen atoms in total. The van der Waals surface area contributed by atoms with Crippen molar-refractivity contribution < 1.29 is 4.79 Å². The summed E-state index contributed by atoms with van der Waals surface area (Å²) in [7, 11) is 0. The second kappa shape index (κ2) is 2.47. The number of halogens is 1. The molecule has 10 heavy (non-hydrogen) atoms. The van der Waals surface area contributed by atoms with Gasteiger partial charge in [-0.25, -0.2) is 0 Å². The van der Waals surface area contributed by atoms with Crippen LogP contribution >= 0.6 is 22.6 Å². The fourth-order valence-electron chi connectivity index (χ4n) is 2.21. The molecule has 56 valence electrons. The first-order chi connectivity index (χ1) is 4.77. The number of ketones is 1. The van der Waals surface area contributed by atoms with E-state index in [2.05, 4.69) is 22.6 Å². The maximum absolute atomic E-state index is 11.4. The number of alkyl halides is 1. The van der Waals surface area contributed by atoms with Crippen LogP contribution in [0, 0.1) is 11.8 Å². The minimum Gasteiger partial charge on any atom is -0.298 e. The average Bonchev–Trinajstić information content (AvgIpc) is 2.29. The highest BCUT2D eigenvalue weighted by atomic mass is 127. The molecule has 2 aliphatic rings. The normalized spacial score (nSPS) is 46.1. The zero-order valence-electron chi connectivity index (χ0n) is 5.85. The average molecular weight is 250 g/mol. The van der Waals surface area contributed by atoms with Gasteiger partial charge in [0.05, 0.1) is 3.92 Å². The van der Waals surface area contributed by atoms with E-state index < -0.39 is 0 Å². The van der Waals surface area contributed by atoms with Crippen molar-refractivity contribution in [2.75, 3.05) is 0 Å². The lowest BCUT2D eigenvalue weighted by atomic mass is 9.88. The van der Waals surface area contributed by atoms with Crippen LogP contribution in [0.2, 0.25) is 0 Å². The molecule has 0 spiro atoms. The van der Waals surface area contributed by atoms with Crippen molar-refractivity contribution in [2.24, 2.45) is 11.8 Å². The highest BCUT2D eigenvalue weighted by molar-refractivity contribution is 14.1. The zero-order valence-corrected chi connectivity index (χ0v) is 8.00. The molecule has 3 unspecified atom stereocenters. The topological polar surface area (TPSA) is 17.1 Å². The molecule has 2 saturated carbocycles. The summed E-state index contributed by atoms with van der Waals surface area (Å²) in [6.45, 7) is 0. The Bertz CT molecular complexity index is 167. The van der Waals surface area contributed by atoms with Gasteiger partial charge in [-0.3, -0.25) is 4.79 Å². The third-order valence-electron chi connectivity index (χ3n) is 2.79. The summed E-state index contributed by atoms with van der Waals surface area (Å²) in [4.78, 5) is 11.4. The summed E-state index contributed by atoms with van der Waals surface area (Å²) < 4.78 is 0.351. The first kappa shape index (κ1) is 7.07. The lowest BCUT2D eigenvalue weighted by molar-refractivity contribution is -0.123. The first-order valence-corrected chi connectivity index (χ1v) is 5.19. The summed E-state index contributed by atoms with van der Waals surface area (Å²) in [6, 6.07) is 0. The van der Waals surface area contributed by atoms with Gasteiger partial charge in [-0.15, -0.1) is 0 Å². The summed E-state index contributed by atoms with van der Waals surface area (Å²) >= 11 is 2.30. The number of fused-ring (bicyclic) bond motifs is 2. The van der Waals surface area contributed by atoms with E-state index in [0.29, 0.717) is 15.6 Å². The van der Waals surface area contributed by atoms with Gasteiger partial charge < -0.3 is 0 Å². The summed E-state index contributed by atoms with van der Waals surface area (Å²) in [5.74, 6) is 1.89. The second-order valence-electron chi connectivity index (χ2n) is 3.48. The van der Waals surface area contributed by atoms with Gasteiger partial charge in [0, 0.05) is 5.92 Å². The van der Waals surface area contributed by atoms with Gasteiger partial charge in [0.25, 0.3) is 0 Å². The van der Waals surface area contributed by atoms with Crippen molar-refractivity contribution in [3.8, 4) is 0 Å². The van der Waals surface area contributed by atoms with Crippen molar-refractivity contribution >= 4 is 28.4 Å². The van der Waals surface area contributed by atoms with E-state index in [9.17, 15) is 4.79 Å². The molecule has 0 aliphatic heterocycles. The Labute approximate surface area is 74.7 Å². The molecule has 0 heterocycles. The van der Waals surface area contributed by atoms with Gasteiger partial charge in [-0.1, -0.05) is 22.6 Å². The maximum atomic E-state index is 11.4. The van der Waals surface area contributed by atoms with Gasteiger partial charge in [-0.2, -0.15) is 0 Å². The van der Waals surface area contributed by atoms with Crippen LogP contribution in [0.4, 0.5) is 0 Å². The zero-order chi connectivity index (χ0) is 7.14. The van der Waals surface area contributed by atoms with E-state index in [-0.39, 0.29) is 0 Å². The van der Waals surface area contributed by atoms with Crippen molar-refractivity contribution in [1.82, 2.24) is 0 Å². The van der Waals surface area contributed by atoms with Crippen LogP contribution < -0.4 is 0 Å². The van der Waals surface area contributed by atoms with Gasteiger partial charge in [0.1, 0.15) is 5.78 Å². The fraction of sp³-hybridized carbons (Fsp3) is 0.875. The minimum atomic E-state index is 0.351. The van der Waals surface area contributed by atoms with E-state index in [1.54, 1.807) is 0 Å². The van der Waals surface area contributed by atoms with Crippen molar-refractivity contribution in [1.29, 1.82) is 0 Å². The Balaban J connectivity index is 2.17. The van der Waals surface area contributed by atoms with Gasteiger partial charge in [0.15, 0.2) is 0 Å². The second-order valence-corrected chi connectivity index (χ2v) is 4.99. The number of Topliss-reactive ketones (excluding diaryl/α,β-unsaturated/α-hetero) is 1. The fourth-order valence-corrected chi connectivity index (χ4v) is 3.44. The van der Waals surface area contributed by atoms with Crippen LogP contribution in [0.25, 0.3) is 0 Å². The van der Waals surface area contributed by atoms with Crippen LogP contribution in [-0.4, -0.2) is 9.71 Å². The molecule has 0 aromatic rings. The van der Waals surface area contributed by atoms with E-state index in [0.717, 1.165) is 12.3 Å². The Kier molecular flexibility index (Phi) is 1.74. The molecule has 2 fully saturated rings. The van der Waals surface area contributed by atoms with Crippen molar-refractivity contribution in [3.63, 3.8) is 0 Å². The maximum Gasteiger partial charge on any atom is 0.148 e. The van der Waals surface area contributed by atoms with Crippen LogP contribution in [0.1, 0.15) is 25.7 Å². The number of carbonyl (C=O) groups excluding carboxylic acids is 1. The third-order valence-corrected chi connectivity index (χ3v) is 3.91. The van der Waals surface area contributed by atoms with Crippen LogP contribution in [-0.2, 0) is 4.79 Å². The van der Waals surface area contributed by atoms with Crippen LogP contribution in [0.5, 0.6) is 0 Å². The van der Waals surface area contributed by atoms with Crippen LogP contribution in [0.15, 0.2) is 0 Å². The SMILES string of the molecule is O=C1C(I)CC2CCC1C2. The molecule has 0 aromatic heterocycles. The smallest absolute Gasteiger partial charge is 0.148 e. The molecule has 3 atom stereocenters. The molecule has 0 N–H and O–H groups in total. The molecule has 2 aliphatic carbocycles. The number of hydrogen-bond donors (Lipinski definition) is 0. The minimum absolute atomic E-state index is 0.351. The summed E-state index contributed by atoms with van der Waals surface area (Å²) in [6.07, 6.45) is 4.87. The number of hydrogen-bond acceptors (Lipinski definition) is 1. The summed E-state index contributed by atoms with van der Waals surface area (Å²) in [5, 5.41) is 0. The Morgan fingerprint density at radius 3 is 2.90 bits per heavy atom. The predicted octanol–water partition coefficient (Wildman–Crippen LogP) is 2.18. The van der Waals surface area contributed by atoms with Gasteiger partial charge >= 0.3 is 0 Å². The van der Waals surface area contributed by atoms with E-state index >= 15 is 0 Å². The Morgan fingerprint density at radius 2 is 2.10 bits per heavy atom. The highest BCUT2D eigenvalue weighted by Crippen LogP contribution is 2.42. The highest BCUT2D eigenvalue weighted by Gasteiger charge is 2.39. The molecule has 0 aromatic carbocycles. The molecule has 2 heteroatoms. The monoisotopic (exact) mass is 250 g/mol. The van der Waals surface area contributed by atoms with Crippen molar-refractivity contribution in [2.45, 2.75) is 29.6 Å². The quantitative estimate of drug-likeness (QED) is 0.475. The lowest BCUT2D eigenvalue weighted by Crippen LogP contribution is -2.27. The Morgan fingerprint density at radius 1 is 1.30 bits per heavy atom. The molecule has 0 saturated heterocycles. The molecule has 0 amide bonds. The van der Waals surface area contributed by atoms with Gasteiger partial charge in [-0.05, 0) is 31.6 Å². The van der Waals surface area contributed by atoms with Crippen molar-refractivity contribution in [3.05, 3.63) is 0 Å². The van der Waals surface area contributed by atoms with Gasteiger partial charge in [0.2, 0.25) is 0 Å². The third kappa shape index (κ3) is 1.00. The van der Waals surface area contributed by atoms with Crippen LogP contribution in [0.3, 0.4) is 0 Å².